The molecular weight excluding hydrogens is 312 g/mol. The molecule has 0 bridgehead atoms. The Morgan fingerprint density at radius 3 is 2.67 bits per heavy atom. The van der Waals surface area contributed by atoms with Crippen molar-refractivity contribution in [3.05, 3.63) is 28.2 Å². The molecule has 0 spiro atoms. The molecular formula is C13H17BrN2OS. The summed E-state index contributed by atoms with van der Waals surface area (Å²) in [6.45, 7) is 5.59. The number of benzene rings is 1. The van der Waals surface area contributed by atoms with Crippen LogP contribution >= 0.6 is 28.1 Å². The van der Waals surface area contributed by atoms with Gasteiger partial charge in [-0.1, -0.05) is 41.1 Å². The molecule has 1 atom stereocenters. The number of amides is 1. The molecule has 98 valence electrons. The molecule has 1 aromatic carbocycles. The first-order valence-corrected chi connectivity index (χ1v) is 6.89. The summed E-state index contributed by atoms with van der Waals surface area (Å²) < 4.78 is 0.953. The van der Waals surface area contributed by atoms with Gasteiger partial charge in [-0.2, -0.15) is 0 Å². The highest BCUT2D eigenvalue weighted by molar-refractivity contribution is 9.10. The average molecular weight is 329 g/mol. The fourth-order valence-electron chi connectivity index (χ4n) is 1.45. The van der Waals surface area contributed by atoms with Gasteiger partial charge in [0, 0.05) is 10.2 Å². The van der Waals surface area contributed by atoms with Gasteiger partial charge in [0.25, 0.3) is 0 Å². The Labute approximate surface area is 121 Å². The van der Waals surface area contributed by atoms with Crippen LogP contribution in [0.3, 0.4) is 0 Å². The fraction of sp³-hybridized carbons (Fsp3) is 0.385. The Morgan fingerprint density at radius 1 is 1.56 bits per heavy atom. The quantitative estimate of drug-likeness (QED) is 0.833. The highest BCUT2D eigenvalue weighted by atomic mass is 79.9. The molecule has 0 aromatic heterocycles. The van der Waals surface area contributed by atoms with Crippen LogP contribution in [0.2, 0.25) is 0 Å². The van der Waals surface area contributed by atoms with Crippen molar-refractivity contribution < 1.29 is 4.79 Å². The van der Waals surface area contributed by atoms with E-state index >= 15 is 0 Å². The smallest absolute Gasteiger partial charge is 0.237 e. The molecule has 3 nitrogen and oxygen atoms in total. The molecule has 1 amide bonds. The molecule has 1 rings (SSSR count). The van der Waals surface area contributed by atoms with Gasteiger partial charge in [0.2, 0.25) is 5.91 Å². The fourth-order valence-corrected chi connectivity index (χ4v) is 2.05. The van der Waals surface area contributed by atoms with Crippen LogP contribution in [0.5, 0.6) is 0 Å². The number of anilines is 1. The van der Waals surface area contributed by atoms with Gasteiger partial charge in [-0.05, 0) is 38.0 Å². The second-order valence-electron chi connectivity index (χ2n) is 4.42. The lowest BCUT2D eigenvalue weighted by Crippen LogP contribution is -2.43. The van der Waals surface area contributed by atoms with Gasteiger partial charge in [0.1, 0.15) is 0 Å². The zero-order valence-electron chi connectivity index (χ0n) is 10.7. The Hall–Kier alpha value is -0.940. The van der Waals surface area contributed by atoms with Crippen LogP contribution < -0.4 is 11.1 Å². The molecule has 1 unspecified atom stereocenters. The van der Waals surface area contributed by atoms with E-state index in [-0.39, 0.29) is 10.9 Å². The van der Waals surface area contributed by atoms with Crippen molar-refractivity contribution >= 4 is 44.7 Å². The highest BCUT2D eigenvalue weighted by Crippen LogP contribution is 2.27. The molecule has 18 heavy (non-hydrogen) atoms. The zero-order valence-corrected chi connectivity index (χ0v) is 13.1. The Morgan fingerprint density at radius 2 is 2.17 bits per heavy atom. The molecule has 0 radical (unpaired) electrons. The number of nitrogens with one attached hydrogen (secondary N) is 1. The topological polar surface area (TPSA) is 55.1 Å². The number of carbonyl (C=O) groups excluding carboxylic acids is 1. The van der Waals surface area contributed by atoms with E-state index < -0.39 is 5.41 Å². The summed E-state index contributed by atoms with van der Waals surface area (Å²) in [5, 5.41) is 2.89. The summed E-state index contributed by atoms with van der Waals surface area (Å²) in [7, 11) is 0. The van der Waals surface area contributed by atoms with E-state index in [2.05, 4.69) is 21.2 Å². The lowest BCUT2D eigenvalue weighted by Gasteiger charge is -2.26. The Bertz CT molecular complexity index is 490. The molecule has 3 N–H and O–H groups in total. The van der Waals surface area contributed by atoms with Crippen molar-refractivity contribution in [2.24, 2.45) is 11.1 Å². The summed E-state index contributed by atoms with van der Waals surface area (Å²) in [6, 6.07) is 5.65. The van der Waals surface area contributed by atoms with Gasteiger partial charge in [-0.3, -0.25) is 4.79 Å². The molecule has 0 fully saturated rings. The molecule has 0 aliphatic rings. The monoisotopic (exact) mass is 328 g/mol. The molecule has 1 aromatic rings. The minimum Gasteiger partial charge on any atom is -0.392 e. The third kappa shape index (κ3) is 2.90. The summed E-state index contributed by atoms with van der Waals surface area (Å²) in [4.78, 5) is 12.5. The largest absolute Gasteiger partial charge is 0.392 e. The van der Waals surface area contributed by atoms with E-state index in [1.165, 1.54) is 0 Å². The van der Waals surface area contributed by atoms with Gasteiger partial charge < -0.3 is 11.1 Å². The van der Waals surface area contributed by atoms with Crippen LogP contribution in [-0.2, 0) is 4.79 Å². The normalized spacial score (nSPS) is 13.8. The zero-order chi connectivity index (χ0) is 13.9. The van der Waals surface area contributed by atoms with Crippen molar-refractivity contribution in [1.82, 2.24) is 0 Å². The van der Waals surface area contributed by atoms with Crippen molar-refractivity contribution in [2.75, 3.05) is 5.32 Å². The van der Waals surface area contributed by atoms with E-state index in [0.29, 0.717) is 6.42 Å². The SMILES string of the molecule is CCC(C)(C(=O)Nc1cccc(Br)c1C)C(N)=S. The number of hydrogen-bond acceptors (Lipinski definition) is 2. The van der Waals surface area contributed by atoms with E-state index in [1.807, 2.05) is 32.0 Å². The van der Waals surface area contributed by atoms with E-state index in [9.17, 15) is 4.79 Å². The van der Waals surface area contributed by atoms with Gasteiger partial charge in [0.15, 0.2) is 0 Å². The Kier molecular flexibility index (Phi) is 4.87. The van der Waals surface area contributed by atoms with Crippen molar-refractivity contribution in [2.45, 2.75) is 27.2 Å². The minimum atomic E-state index is -0.815. The van der Waals surface area contributed by atoms with Crippen LogP contribution in [-0.4, -0.2) is 10.9 Å². The second kappa shape index (κ2) is 5.80. The van der Waals surface area contributed by atoms with Crippen molar-refractivity contribution in [3.63, 3.8) is 0 Å². The lowest BCUT2D eigenvalue weighted by atomic mass is 9.86. The van der Waals surface area contributed by atoms with E-state index in [1.54, 1.807) is 6.92 Å². The standard InChI is InChI=1S/C13H17BrN2OS/c1-4-13(3,11(15)18)12(17)16-10-7-5-6-9(14)8(10)2/h5-7H,4H2,1-3H3,(H2,15,18)(H,16,17). The number of carbonyl (C=O) groups is 1. The van der Waals surface area contributed by atoms with Crippen LogP contribution in [0, 0.1) is 12.3 Å². The molecule has 0 saturated heterocycles. The van der Waals surface area contributed by atoms with Crippen LogP contribution in [0.15, 0.2) is 22.7 Å². The Balaban J connectivity index is 3.01. The summed E-state index contributed by atoms with van der Waals surface area (Å²) in [5.41, 5.74) is 6.60. The minimum absolute atomic E-state index is 0.168. The maximum absolute atomic E-state index is 12.3. The van der Waals surface area contributed by atoms with Gasteiger partial charge in [0.05, 0.1) is 10.4 Å². The van der Waals surface area contributed by atoms with E-state index in [4.69, 9.17) is 18.0 Å². The summed E-state index contributed by atoms with van der Waals surface area (Å²) in [6.07, 6.45) is 0.571. The number of hydrogen-bond donors (Lipinski definition) is 2. The molecule has 0 heterocycles. The number of rotatable bonds is 4. The molecule has 0 aliphatic carbocycles. The molecule has 0 saturated carbocycles. The van der Waals surface area contributed by atoms with Gasteiger partial charge in [-0.15, -0.1) is 0 Å². The third-order valence-electron chi connectivity index (χ3n) is 3.27. The molecule has 0 aliphatic heterocycles. The second-order valence-corrected chi connectivity index (χ2v) is 5.71. The summed E-state index contributed by atoms with van der Waals surface area (Å²) in [5.74, 6) is -0.168. The van der Waals surface area contributed by atoms with Gasteiger partial charge >= 0.3 is 0 Å². The lowest BCUT2D eigenvalue weighted by molar-refractivity contribution is -0.121. The third-order valence-corrected chi connectivity index (χ3v) is 4.58. The summed E-state index contributed by atoms with van der Waals surface area (Å²) >= 11 is 8.42. The molecule has 5 heteroatoms. The maximum Gasteiger partial charge on any atom is 0.237 e. The van der Waals surface area contributed by atoms with Crippen molar-refractivity contribution in [3.8, 4) is 0 Å². The first kappa shape index (κ1) is 15.1. The van der Waals surface area contributed by atoms with E-state index in [0.717, 1.165) is 15.7 Å². The van der Waals surface area contributed by atoms with Crippen LogP contribution in [0.25, 0.3) is 0 Å². The first-order chi connectivity index (χ1) is 8.32. The van der Waals surface area contributed by atoms with Crippen LogP contribution in [0.1, 0.15) is 25.8 Å². The van der Waals surface area contributed by atoms with Gasteiger partial charge in [-0.25, -0.2) is 0 Å². The first-order valence-electron chi connectivity index (χ1n) is 5.69. The number of halogens is 1. The van der Waals surface area contributed by atoms with Crippen LogP contribution in [0.4, 0.5) is 5.69 Å². The number of thiocarbonyl (C=S) groups is 1. The maximum atomic E-state index is 12.3. The van der Waals surface area contributed by atoms with Crippen molar-refractivity contribution in [1.29, 1.82) is 0 Å². The average Bonchev–Trinajstić information content (AvgIpc) is 2.33. The predicted molar refractivity (Wildman–Crippen MR) is 82.7 cm³/mol. The number of nitrogens with two attached hydrogens (primary N) is 1. The predicted octanol–water partition coefficient (Wildman–Crippen LogP) is 3.40. The highest BCUT2D eigenvalue weighted by Gasteiger charge is 2.34.